The fraction of sp³-hybridized carbons (Fsp3) is 1.00. The fourth-order valence-corrected chi connectivity index (χ4v) is 1.84. The molecule has 1 aliphatic rings. The van der Waals surface area contributed by atoms with Gasteiger partial charge in [-0.1, -0.05) is 0 Å². The van der Waals surface area contributed by atoms with Gasteiger partial charge in [0, 0.05) is 5.54 Å². The normalized spacial score (nSPS) is 29.1. The second-order valence-corrected chi connectivity index (χ2v) is 5.72. The van der Waals surface area contributed by atoms with Crippen LogP contribution in [0, 0.1) is 0 Å². The number of hydrogen-bond donors (Lipinski definition) is 0. The molecule has 0 N–H and O–H groups in total. The Morgan fingerprint density at radius 3 is 2.43 bits per heavy atom. The van der Waals surface area contributed by atoms with E-state index < -0.39 is 0 Å². The zero-order valence-electron chi connectivity index (χ0n) is 9.96. The third-order valence-electron chi connectivity index (χ3n) is 2.59. The van der Waals surface area contributed by atoms with Gasteiger partial charge in [-0.25, -0.2) is 0 Å². The minimum Gasteiger partial charge on any atom is -0.355 e. The molecule has 83 valence electrons. The average molecular weight is 200 g/mol. The predicted octanol–water partition coefficient (Wildman–Crippen LogP) is 2.74. The van der Waals surface area contributed by atoms with Gasteiger partial charge in [0.2, 0.25) is 0 Å². The van der Waals surface area contributed by atoms with Crippen LogP contribution < -0.4 is 0 Å². The summed E-state index contributed by atoms with van der Waals surface area (Å²) >= 11 is 0. The Hall–Kier alpha value is -0.120. The molecule has 0 bridgehead atoms. The Bertz CT molecular complexity index is 196. The van der Waals surface area contributed by atoms with E-state index in [4.69, 9.17) is 4.74 Å². The van der Waals surface area contributed by atoms with Gasteiger partial charge in [0.05, 0.1) is 5.60 Å². The summed E-state index contributed by atoms with van der Waals surface area (Å²) in [4.78, 5) is 0. The maximum Gasteiger partial charge on any atom is 0.137 e. The molecule has 1 heterocycles. The molecule has 14 heavy (non-hydrogen) atoms. The summed E-state index contributed by atoms with van der Waals surface area (Å²) in [6, 6.07) is 0. The highest BCUT2D eigenvalue weighted by Crippen LogP contribution is 2.32. The van der Waals surface area contributed by atoms with Gasteiger partial charge in [-0.2, -0.15) is 0 Å². The van der Waals surface area contributed by atoms with Gasteiger partial charge in [0.15, 0.2) is 0 Å². The SMILES string of the molecule is CC(C)(C)OC1CCCC(C)(C)N1[O]. The maximum absolute atomic E-state index is 11.9. The van der Waals surface area contributed by atoms with E-state index in [1.165, 1.54) is 0 Å². The molecule has 0 amide bonds. The lowest BCUT2D eigenvalue weighted by Crippen LogP contribution is -2.53. The first-order valence-corrected chi connectivity index (χ1v) is 5.37. The lowest BCUT2D eigenvalue weighted by atomic mass is 9.91. The van der Waals surface area contributed by atoms with Crippen molar-refractivity contribution >= 4 is 0 Å². The molecule has 3 heteroatoms. The molecule has 1 saturated heterocycles. The number of hydrogen-bond acceptors (Lipinski definition) is 2. The van der Waals surface area contributed by atoms with E-state index in [-0.39, 0.29) is 17.4 Å². The molecule has 3 nitrogen and oxygen atoms in total. The predicted molar refractivity (Wildman–Crippen MR) is 55.1 cm³/mol. The fourth-order valence-electron chi connectivity index (χ4n) is 1.84. The highest BCUT2D eigenvalue weighted by molar-refractivity contribution is 4.83. The maximum atomic E-state index is 11.9. The molecular weight excluding hydrogens is 178 g/mol. The summed E-state index contributed by atoms with van der Waals surface area (Å²) in [5, 5.41) is 13.0. The van der Waals surface area contributed by atoms with E-state index in [1.54, 1.807) is 0 Å². The molecule has 0 aliphatic carbocycles. The van der Waals surface area contributed by atoms with Crippen LogP contribution in [0.3, 0.4) is 0 Å². The van der Waals surface area contributed by atoms with Crippen LogP contribution in [0.5, 0.6) is 0 Å². The van der Waals surface area contributed by atoms with Crippen molar-refractivity contribution in [3.05, 3.63) is 0 Å². The summed E-state index contributed by atoms with van der Waals surface area (Å²) in [6.45, 7) is 9.93. The topological polar surface area (TPSA) is 32.4 Å². The zero-order valence-corrected chi connectivity index (χ0v) is 9.96. The van der Waals surface area contributed by atoms with Crippen LogP contribution in [0.15, 0.2) is 0 Å². The van der Waals surface area contributed by atoms with Gasteiger partial charge in [-0.15, -0.1) is 10.3 Å². The van der Waals surface area contributed by atoms with Gasteiger partial charge < -0.3 is 4.74 Å². The zero-order chi connectivity index (χ0) is 11.0. The molecule has 0 saturated carbocycles. The van der Waals surface area contributed by atoms with Gasteiger partial charge >= 0.3 is 0 Å². The Morgan fingerprint density at radius 2 is 1.93 bits per heavy atom. The molecule has 0 aromatic heterocycles. The summed E-state index contributed by atoms with van der Waals surface area (Å²) in [7, 11) is 0. The van der Waals surface area contributed by atoms with E-state index in [0.29, 0.717) is 0 Å². The van der Waals surface area contributed by atoms with E-state index in [2.05, 4.69) is 0 Å². The Morgan fingerprint density at radius 1 is 1.36 bits per heavy atom. The van der Waals surface area contributed by atoms with Crippen molar-refractivity contribution in [3.63, 3.8) is 0 Å². The highest BCUT2D eigenvalue weighted by atomic mass is 16.6. The first-order valence-electron chi connectivity index (χ1n) is 5.37. The Balaban J connectivity index is 2.62. The summed E-state index contributed by atoms with van der Waals surface area (Å²) in [6.07, 6.45) is 2.62. The van der Waals surface area contributed by atoms with Crippen LogP contribution in [0.4, 0.5) is 0 Å². The monoisotopic (exact) mass is 200 g/mol. The quantitative estimate of drug-likeness (QED) is 0.652. The molecule has 0 spiro atoms. The van der Waals surface area contributed by atoms with E-state index in [9.17, 15) is 5.21 Å². The second-order valence-electron chi connectivity index (χ2n) is 5.72. The standard InChI is InChI=1S/C11H22NO2/c1-10(2,3)14-9-7-6-8-11(4,5)12(9)13/h9H,6-8H2,1-5H3. The molecule has 1 rings (SSSR count). The third-order valence-corrected chi connectivity index (χ3v) is 2.59. The van der Waals surface area contributed by atoms with Gasteiger partial charge in [0.1, 0.15) is 6.23 Å². The van der Waals surface area contributed by atoms with Crippen LogP contribution in [0.1, 0.15) is 53.9 Å². The number of ether oxygens (including phenoxy) is 1. The first kappa shape index (κ1) is 12.0. The Kier molecular flexibility index (Phi) is 3.24. The molecular formula is C11H22NO2. The summed E-state index contributed by atoms with van der Waals surface area (Å²) in [5.74, 6) is 0. The van der Waals surface area contributed by atoms with E-state index >= 15 is 0 Å². The lowest BCUT2D eigenvalue weighted by Gasteiger charge is -2.43. The first-order chi connectivity index (χ1) is 6.22. The number of rotatable bonds is 1. The lowest BCUT2D eigenvalue weighted by molar-refractivity contribution is -0.332. The average Bonchev–Trinajstić information content (AvgIpc) is 1.96. The largest absolute Gasteiger partial charge is 0.355 e. The van der Waals surface area contributed by atoms with Crippen LogP contribution in [0.2, 0.25) is 0 Å². The molecule has 1 atom stereocenters. The molecule has 1 fully saturated rings. The smallest absolute Gasteiger partial charge is 0.137 e. The number of piperidine rings is 1. The minimum atomic E-state index is -0.270. The molecule has 1 radical (unpaired) electrons. The van der Waals surface area contributed by atoms with Crippen LogP contribution in [-0.2, 0) is 9.94 Å². The van der Waals surface area contributed by atoms with Crippen LogP contribution in [-0.4, -0.2) is 22.4 Å². The summed E-state index contributed by atoms with van der Waals surface area (Å²) in [5.41, 5.74) is -0.505. The van der Waals surface area contributed by atoms with Crippen molar-refractivity contribution in [2.75, 3.05) is 0 Å². The van der Waals surface area contributed by atoms with E-state index in [1.807, 2.05) is 34.6 Å². The van der Waals surface area contributed by atoms with Crippen LogP contribution >= 0.6 is 0 Å². The van der Waals surface area contributed by atoms with Crippen molar-refractivity contribution in [2.24, 2.45) is 0 Å². The molecule has 1 unspecified atom stereocenters. The van der Waals surface area contributed by atoms with Crippen LogP contribution in [0.25, 0.3) is 0 Å². The highest BCUT2D eigenvalue weighted by Gasteiger charge is 2.39. The van der Waals surface area contributed by atoms with E-state index in [0.717, 1.165) is 24.3 Å². The van der Waals surface area contributed by atoms with Gasteiger partial charge in [-0.05, 0) is 53.9 Å². The third kappa shape index (κ3) is 2.94. The number of hydroxylamine groups is 2. The number of nitrogens with zero attached hydrogens (tertiary/aromatic N) is 1. The second kappa shape index (κ2) is 3.80. The summed E-state index contributed by atoms with van der Waals surface area (Å²) < 4.78 is 5.74. The van der Waals surface area contributed by atoms with Gasteiger partial charge in [-0.3, -0.25) is 0 Å². The molecule has 0 aromatic rings. The molecule has 0 aromatic carbocycles. The molecule has 1 aliphatic heterocycles. The van der Waals surface area contributed by atoms with Crippen molar-refractivity contribution in [3.8, 4) is 0 Å². The van der Waals surface area contributed by atoms with Gasteiger partial charge in [0.25, 0.3) is 0 Å². The Labute approximate surface area is 87.0 Å². The minimum absolute atomic E-state index is 0.235. The van der Waals surface area contributed by atoms with Crippen molar-refractivity contribution in [2.45, 2.75) is 71.2 Å². The van der Waals surface area contributed by atoms with Crippen molar-refractivity contribution in [1.82, 2.24) is 5.06 Å². The van der Waals surface area contributed by atoms with Crippen molar-refractivity contribution < 1.29 is 9.94 Å². The van der Waals surface area contributed by atoms with Crippen molar-refractivity contribution in [1.29, 1.82) is 0 Å².